The Kier molecular flexibility index (Phi) is 9.18. The van der Waals surface area contributed by atoms with Crippen LogP contribution in [0.15, 0.2) is 77.7 Å². The normalized spacial score (nSPS) is 11.9. The van der Waals surface area contributed by atoms with E-state index < -0.39 is 28.5 Å². The minimum atomic E-state index is -4.22. The van der Waals surface area contributed by atoms with Crippen LogP contribution in [0.25, 0.3) is 0 Å². The van der Waals surface area contributed by atoms with E-state index in [4.69, 9.17) is 16.3 Å². The second-order valence-corrected chi connectivity index (χ2v) is 10.7. The lowest BCUT2D eigenvalue weighted by Gasteiger charge is -2.32. The summed E-state index contributed by atoms with van der Waals surface area (Å²) in [4.78, 5) is 27.8. The maximum Gasteiger partial charge on any atom is 0.264 e. The first-order valence-corrected chi connectivity index (χ1v) is 13.4. The molecule has 196 valence electrons. The van der Waals surface area contributed by atoms with Crippen molar-refractivity contribution in [3.8, 4) is 5.75 Å². The lowest BCUT2D eigenvalue weighted by molar-refractivity contribution is -0.139. The molecular weight excluding hydrogens is 514 g/mol. The number of hydrogen-bond donors (Lipinski definition) is 1. The molecule has 0 fully saturated rings. The second-order valence-electron chi connectivity index (χ2n) is 8.38. The average molecular weight is 544 g/mol. The van der Waals surface area contributed by atoms with E-state index in [2.05, 4.69) is 5.32 Å². The molecule has 0 spiro atoms. The van der Waals surface area contributed by atoms with Crippen LogP contribution in [-0.4, -0.2) is 51.9 Å². The lowest BCUT2D eigenvalue weighted by atomic mass is 10.1. The van der Waals surface area contributed by atoms with Crippen LogP contribution in [0.4, 0.5) is 5.69 Å². The van der Waals surface area contributed by atoms with E-state index >= 15 is 0 Å². The Hall–Kier alpha value is -3.56. The third-order valence-electron chi connectivity index (χ3n) is 6.04. The predicted octanol–water partition coefficient (Wildman–Crippen LogP) is 4.02. The fraction of sp³-hybridized carbons (Fsp3) is 0.259. The number of halogens is 1. The number of rotatable bonds is 10. The molecule has 0 bridgehead atoms. The number of ether oxygens (including phenoxy) is 1. The van der Waals surface area contributed by atoms with Gasteiger partial charge in [0, 0.05) is 18.6 Å². The molecule has 3 rings (SSSR count). The maximum absolute atomic E-state index is 13.8. The average Bonchev–Trinajstić information content (AvgIpc) is 2.90. The van der Waals surface area contributed by atoms with Crippen LogP contribution in [0.2, 0.25) is 5.02 Å². The van der Waals surface area contributed by atoms with Crippen LogP contribution in [0.1, 0.15) is 18.1 Å². The van der Waals surface area contributed by atoms with Gasteiger partial charge in [-0.1, -0.05) is 54.1 Å². The summed E-state index contributed by atoms with van der Waals surface area (Å²) in [5.74, 6) is -0.720. The summed E-state index contributed by atoms with van der Waals surface area (Å²) >= 11 is 6.22. The van der Waals surface area contributed by atoms with Crippen molar-refractivity contribution in [1.29, 1.82) is 0 Å². The van der Waals surface area contributed by atoms with Crippen molar-refractivity contribution < 1.29 is 22.7 Å². The molecule has 0 saturated carbocycles. The molecule has 0 saturated heterocycles. The molecule has 0 aromatic heterocycles. The molecule has 0 unspecified atom stereocenters. The molecule has 1 N–H and O–H groups in total. The quantitative estimate of drug-likeness (QED) is 0.417. The van der Waals surface area contributed by atoms with Crippen LogP contribution in [0.3, 0.4) is 0 Å². The van der Waals surface area contributed by atoms with Gasteiger partial charge in [-0.05, 0) is 55.3 Å². The highest BCUT2D eigenvalue weighted by Crippen LogP contribution is 2.35. The van der Waals surface area contributed by atoms with Crippen molar-refractivity contribution in [2.45, 2.75) is 31.3 Å². The summed E-state index contributed by atoms with van der Waals surface area (Å²) in [6.45, 7) is 3.05. The number of nitrogens with one attached hydrogen (secondary N) is 1. The number of anilines is 1. The van der Waals surface area contributed by atoms with Gasteiger partial charge in [-0.3, -0.25) is 13.9 Å². The summed E-state index contributed by atoms with van der Waals surface area (Å²) < 4.78 is 34.0. The number of methoxy groups -OCH3 is 1. The molecule has 3 aromatic rings. The minimum absolute atomic E-state index is 0.00497. The third kappa shape index (κ3) is 6.42. The van der Waals surface area contributed by atoms with Crippen molar-refractivity contribution in [3.05, 3.63) is 88.9 Å². The number of carbonyl (C=O) groups is 2. The molecule has 8 nitrogen and oxygen atoms in total. The molecular formula is C27H30ClN3O5S. The lowest BCUT2D eigenvalue weighted by Crippen LogP contribution is -2.50. The highest BCUT2D eigenvalue weighted by atomic mass is 35.5. The Morgan fingerprint density at radius 3 is 2.30 bits per heavy atom. The van der Waals surface area contributed by atoms with E-state index in [1.54, 1.807) is 31.2 Å². The highest BCUT2D eigenvalue weighted by Gasteiger charge is 2.33. The summed E-state index contributed by atoms with van der Waals surface area (Å²) in [5.41, 5.74) is 1.88. The summed E-state index contributed by atoms with van der Waals surface area (Å²) in [5, 5.41) is 2.84. The molecule has 0 aliphatic carbocycles. The fourth-order valence-corrected chi connectivity index (χ4v) is 5.46. The second kappa shape index (κ2) is 12.1. The van der Waals surface area contributed by atoms with Gasteiger partial charge in [-0.15, -0.1) is 0 Å². The number of sulfonamides is 1. The van der Waals surface area contributed by atoms with Gasteiger partial charge in [-0.25, -0.2) is 8.42 Å². The van der Waals surface area contributed by atoms with Gasteiger partial charge in [-0.2, -0.15) is 0 Å². The minimum Gasteiger partial charge on any atom is -0.495 e. The fourth-order valence-electron chi connectivity index (χ4n) is 3.85. The van der Waals surface area contributed by atoms with Gasteiger partial charge < -0.3 is 15.0 Å². The summed E-state index contributed by atoms with van der Waals surface area (Å²) in [6.07, 6.45) is 0. The summed E-state index contributed by atoms with van der Waals surface area (Å²) in [7, 11) is -1.33. The van der Waals surface area contributed by atoms with Gasteiger partial charge >= 0.3 is 0 Å². The zero-order chi connectivity index (χ0) is 27.2. The topological polar surface area (TPSA) is 96.0 Å². The van der Waals surface area contributed by atoms with Crippen molar-refractivity contribution in [2.24, 2.45) is 0 Å². The molecule has 10 heteroatoms. The molecule has 1 atom stereocenters. The van der Waals surface area contributed by atoms with Crippen LogP contribution >= 0.6 is 11.6 Å². The number of hydrogen-bond acceptors (Lipinski definition) is 5. The monoisotopic (exact) mass is 543 g/mol. The zero-order valence-corrected chi connectivity index (χ0v) is 22.7. The van der Waals surface area contributed by atoms with E-state index in [0.717, 1.165) is 15.4 Å². The van der Waals surface area contributed by atoms with Crippen molar-refractivity contribution in [2.75, 3.05) is 25.0 Å². The Morgan fingerprint density at radius 1 is 1.03 bits per heavy atom. The number of likely N-dealkylation sites (N-methyl/N-ethyl adjacent to an activating group) is 1. The third-order valence-corrected chi connectivity index (χ3v) is 8.04. The van der Waals surface area contributed by atoms with Crippen LogP contribution < -0.4 is 14.4 Å². The van der Waals surface area contributed by atoms with E-state index in [0.29, 0.717) is 0 Å². The van der Waals surface area contributed by atoms with E-state index in [9.17, 15) is 18.0 Å². The van der Waals surface area contributed by atoms with Crippen molar-refractivity contribution in [3.63, 3.8) is 0 Å². The van der Waals surface area contributed by atoms with Crippen LogP contribution in [-0.2, 0) is 26.2 Å². The smallest absolute Gasteiger partial charge is 0.264 e. The maximum atomic E-state index is 13.8. The molecule has 0 aliphatic rings. The first-order valence-electron chi connectivity index (χ1n) is 11.6. The van der Waals surface area contributed by atoms with E-state index in [1.807, 2.05) is 31.2 Å². The Morgan fingerprint density at radius 2 is 1.68 bits per heavy atom. The van der Waals surface area contributed by atoms with Crippen molar-refractivity contribution >= 4 is 39.1 Å². The van der Waals surface area contributed by atoms with E-state index in [-0.39, 0.29) is 33.8 Å². The first-order chi connectivity index (χ1) is 17.6. The van der Waals surface area contributed by atoms with Gasteiger partial charge in [0.15, 0.2) is 0 Å². The Balaban J connectivity index is 2.11. The van der Waals surface area contributed by atoms with Crippen LogP contribution in [0, 0.1) is 6.92 Å². The number of amides is 2. The predicted molar refractivity (Wildman–Crippen MR) is 144 cm³/mol. The first kappa shape index (κ1) is 28.0. The number of nitrogens with zero attached hydrogens (tertiary/aromatic N) is 2. The van der Waals surface area contributed by atoms with Gasteiger partial charge in [0.2, 0.25) is 11.8 Å². The zero-order valence-electron chi connectivity index (χ0n) is 21.1. The Bertz CT molecular complexity index is 1370. The molecule has 0 heterocycles. The number of carbonyl (C=O) groups excluding carboxylic acids is 2. The van der Waals surface area contributed by atoms with Gasteiger partial charge in [0.05, 0.1) is 17.7 Å². The van der Waals surface area contributed by atoms with Crippen LogP contribution in [0.5, 0.6) is 5.75 Å². The largest absolute Gasteiger partial charge is 0.495 e. The molecule has 37 heavy (non-hydrogen) atoms. The summed E-state index contributed by atoms with van der Waals surface area (Å²) in [6, 6.07) is 19.0. The SMILES string of the molecule is CNC(=O)[C@H](C)N(Cc1ccccc1C)C(=O)CN(c1cc(Cl)ccc1OC)S(=O)(=O)c1ccccc1. The molecule has 2 amide bonds. The van der Waals surface area contributed by atoms with Gasteiger partial charge in [0.1, 0.15) is 18.3 Å². The number of benzene rings is 3. The van der Waals surface area contributed by atoms with E-state index in [1.165, 1.54) is 43.3 Å². The van der Waals surface area contributed by atoms with Crippen molar-refractivity contribution in [1.82, 2.24) is 10.2 Å². The molecule has 3 aromatic carbocycles. The molecule has 0 aliphatic heterocycles. The standard InChI is InChI=1S/C27H30ClN3O5S/c1-19-10-8-9-11-21(19)17-30(20(2)27(33)29-3)26(32)18-31(24-16-22(28)14-15-25(24)36-4)37(34,35)23-12-6-5-7-13-23/h5-16,20H,17-18H2,1-4H3,(H,29,33)/t20-/m0/s1. The van der Waals surface area contributed by atoms with Gasteiger partial charge in [0.25, 0.3) is 10.0 Å². The molecule has 0 radical (unpaired) electrons. The number of aryl methyl sites for hydroxylation is 1. The highest BCUT2D eigenvalue weighted by molar-refractivity contribution is 7.92. The Labute approximate surface area is 222 Å².